The Kier molecular flexibility index (Phi) is 7.88. The molecule has 1 N–H and O–H groups in total. The molecule has 0 radical (unpaired) electrons. The van der Waals surface area contributed by atoms with Crippen LogP contribution in [0.4, 0.5) is 10.1 Å². The number of methoxy groups -OCH3 is 1. The topological polar surface area (TPSA) is 73.9 Å². The lowest BCUT2D eigenvalue weighted by atomic mass is 10.0. The Morgan fingerprint density at radius 2 is 1.75 bits per heavy atom. The molecule has 0 atom stereocenters. The van der Waals surface area contributed by atoms with Gasteiger partial charge in [-0.3, -0.25) is 4.79 Å². The van der Waals surface area contributed by atoms with Gasteiger partial charge in [-0.25, -0.2) is 9.18 Å². The van der Waals surface area contributed by atoms with Crippen LogP contribution in [-0.4, -0.2) is 25.6 Å². The highest BCUT2D eigenvalue weighted by Crippen LogP contribution is 2.41. The Balaban J connectivity index is 1.57. The molecule has 1 aliphatic carbocycles. The van der Waals surface area contributed by atoms with Gasteiger partial charge < -0.3 is 19.5 Å². The fraction of sp³-hybridized carbons (Fsp3) is 0.310. The fourth-order valence-electron chi connectivity index (χ4n) is 4.58. The molecule has 188 valence electrons. The van der Waals surface area contributed by atoms with Crippen molar-refractivity contribution in [1.82, 2.24) is 0 Å². The van der Waals surface area contributed by atoms with Crippen LogP contribution in [0, 0.1) is 12.7 Å². The first kappa shape index (κ1) is 25.2. The zero-order valence-corrected chi connectivity index (χ0v) is 20.8. The molecular weight excluding hydrogens is 461 g/mol. The number of hydrogen-bond acceptors (Lipinski definition) is 5. The fourth-order valence-corrected chi connectivity index (χ4v) is 4.58. The summed E-state index contributed by atoms with van der Waals surface area (Å²) in [6.07, 6.45) is 3.99. The Hall–Kier alpha value is -3.87. The quantitative estimate of drug-likeness (QED) is 0.323. The van der Waals surface area contributed by atoms with Gasteiger partial charge >= 0.3 is 11.9 Å². The predicted molar refractivity (Wildman–Crippen MR) is 135 cm³/mol. The number of halogens is 1. The van der Waals surface area contributed by atoms with Crippen molar-refractivity contribution in [3.8, 4) is 17.2 Å². The number of esters is 1. The van der Waals surface area contributed by atoms with Crippen molar-refractivity contribution in [3.63, 3.8) is 0 Å². The first-order valence-electron chi connectivity index (χ1n) is 12.1. The second-order valence-electron chi connectivity index (χ2n) is 8.76. The zero-order chi connectivity index (χ0) is 25.7. The number of benzene rings is 3. The van der Waals surface area contributed by atoms with Crippen molar-refractivity contribution in [2.45, 2.75) is 46.0 Å². The van der Waals surface area contributed by atoms with Crippen LogP contribution in [0.25, 0.3) is 0 Å². The first-order valence-corrected chi connectivity index (χ1v) is 12.1. The number of fused-ring (bicyclic) bond motifs is 1. The molecule has 4 rings (SSSR count). The number of amides is 1. The van der Waals surface area contributed by atoms with Gasteiger partial charge in [-0.1, -0.05) is 12.1 Å². The molecular formula is C29H30FNO5. The van der Waals surface area contributed by atoms with Crippen molar-refractivity contribution in [2.75, 3.05) is 19.0 Å². The maximum atomic E-state index is 13.2. The maximum absolute atomic E-state index is 13.2. The van der Waals surface area contributed by atoms with Crippen molar-refractivity contribution >= 4 is 17.6 Å². The molecule has 0 fully saturated rings. The van der Waals surface area contributed by atoms with Gasteiger partial charge in [0.05, 0.1) is 13.7 Å². The molecule has 1 aliphatic rings. The highest BCUT2D eigenvalue weighted by Gasteiger charge is 2.25. The van der Waals surface area contributed by atoms with E-state index in [1.165, 1.54) is 12.1 Å². The first-order chi connectivity index (χ1) is 17.4. The highest BCUT2D eigenvalue weighted by molar-refractivity contribution is 6.37. The van der Waals surface area contributed by atoms with E-state index in [-0.39, 0.29) is 12.4 Å². The number of carbonyl (C=O) groups excluding carboxylic acids is 2. The third kappa shape index (κ3) is 5.67. The lowest BCUT2D eigenvalue weighted by molar-refractivity contribution is -0.152. The van der Waals surface area contributed by atoms with Crippen LogP contribution < -0.4 is 14.8 Å². The molecule has 0 heterocycles. The minimum atomic E-state index is -0.895. The average Bonchev–Trinajstić information content (AvgIpc) is 3.36. The second kappa shape index (κ2) is 11.2. The summed E-state index contributed by atoms with van der Waals surface area (Å²) in [5.41, 5.74) is 5.54. The van der Waals surface area contributed by atoms with Gasteiger partial charge in [0.2, 0.25) is 0 Å². The minimum Gasteiger partial charge on any atom is -0.496 e. The Bertz CT molecular complexity index is 1270. The molecule has 6 nitrogen and oxygen atoms in total. The van der Waals surface area contributed by atoms with E-state index in [1.807, 2.05) is 31.2 Å². The monoisotopic (exact) mass is 491 g/mol. The average molecular weight is 492 g/mol. The summed E-state index contributed by atoms with van der Waals surface area (Å²) in [5.74, 6) is 0.301. The summed E-state index contributed by atoms with van der Waals surface area (Å²) >= 11 is 0. The van der Waals surface area contributed by atoms with Gasteiger partial charge in [-0.15, -0.1) is 0 Å². The molecule has 7 heteroatoms. The van der Waals surface area contributed by atoms with E-state index in [1.54, 1.807) is 26.2 Å². The molecule has 3 aromatic carbocycles. The van der Waals surface area contributed by atoms with E-state index >= 15 is 0 Å². The lowest BCUT2D eigenvalue weighted by Crippen LogP contribution is -2.25. The summed E-state index contributed by atoms with van der Waals surface area (Å²) in [7, 11) is 1.64. The van der Waals surface area contributed by atoms with E-state index in [2.05, 4.69) is 5.32 Å². The predicted octanol–water partition coefficient (Wildman–Crippen LogP) is 5.71. The van der Waals surface area contributed by atoms with Gasteiger partial charge in [0.15, 0.2) is 0 Å². The summed E-state index contributed by atoms with van der Waals surface area (Å²) in [5, 5.41) is 2.71. The molecule has 0 unspecified atom stereocenters. The van der Waals surface area contributed by atoms with E-state index in [4.69, 9.17) is 14.2 Å². The highest BCUT2D eigenvalue weighted by atomic mass is 19.1. The normalized spacial score (nSPS) is 12.1. The maximum Gasteiger partial charge on any atom is 0.397 e. The van der Waals surface area contributed by atoms with Crippen LogP contribution in [-0.2, 0) is 40.0 Å². The van der Waals surface area contributed by atoms with Crippen molar-refractivity contribution in [1.29, 1.82) is 0 Å². The largest absolute Gasteiger partial charge is 0.496 e. The number of rotatable bonds is 8. The van der Waals surface area contributed by atoms with Crippen LogP contribution in [0.2, 0.25) is 0 Å². The molecule has 0 aromatic heterocycles. The third-order valence-corrected chi connectivity index (χ3v) is 6.31. The van der Waals surface area contributed by atoms with Crippen LogP contribution in [0.5, 0.6) is 17.2 Å². The SMILES string of the molecule is CCOC(=O)C(=O)Nc1cc(C)c(Oc2ccc(OC)c(CCc3ccc(F)cc3)c2)c2c1CCC2. The number of carbonyl (C=O) groups is 2. The summed E-state index contributed by atoms with van der Waals surface area (Å²) < 4.78 is 30.0. The lowest BCUT2D eigenvalue weighted by Gasteiger charge is -2.18. The molecule has 36 heavy (non-hydrogen) atoms. The van der Waals surface area contributed by atoms with E-state index in [0.29, 0.717) is 17.9 Å². The summed E-state index contributed by atoms with van der Waals surface area (Å²) in [6, 6.07) is 14.1. The van der Waals surface area contributed by atoms with Gasteiger partial charge in [0, 0.05) is 11.3 Å². The zero-order valence-electron chi connectivity index (χ0n) is 20.8. The number of hydrogen-bond donors (Lipinski definition) is 1. The van der Waals surface area contributed by atoms with Crippen molar-refractivity contribution < 1.29 is 28.2 Å². The number of nitrogens with one attached hydrogen (secondary N) is 1. The van der Waals surface area contributed by atoms with Gasteiger partial charge in [0.1, 0.15) is 23.1 Å². The smallest absolute Gasteiger partial charge is 0.397 e. The summed E-state index contributed by atoms with van der Waals surface area (Å²) in [4.78, 5) is 24.0. The molecule has 0 spiro atoms. The van der Waals surface area contributed by atoms with Crippen LogP contribution in [0.3, 0.4) is 0 Å². The molecule has 3 aromatic rings. The van der Waals surface area contributed by atoms with Crippen molar-refractivity contribution in [2.24, 2.45) is 0 Å². The molecule has 0 bridgehead atoms. The summed E-state index contributed by atoms with van der Waals surface area (Å²) in [6.45, 7) is 3.73. The number of aryl methyl sites for hydroxylation is 3. The van der Waals surface area contributed by atoms with E-state index < -0.39 is 11.9 Å². The Morgan fingerprint density at radius 3 is 2.47 bits per heavy atom. The van der Waals surface area contributed by atoms with E-state index in [9.17, 15) is 14.0 Å². The third-order valence-electron chi connectivity index (χ3n) is 6.31. The van der Waals surface area contributed by atoms with Gasteiger partial charge in [0.25, 0.3) is 0 Å². The molecule has 0 saturated carbocycles. The minimum absolute atomic E-state index is 0.143. The number of ether oxygens (including phenoxy) is 3. The van der Waals surface area contributed by atoms with Crippen LogP contribution in [0.1, 0.15) is 41.2 Å². The molecule has 0 saturated heterocycles. The standard InChI is InChI=1S/C29H30FNO5/c1-4-35-29(33)28(32)31-25-16-18(2)27(24-7-5-6-23(24)25)36-22-14-15-26(34-3)20(17-22)11-8-19-9-12-21(30)13-10-19/h9-10,12-17H,4-8,11H2,1-3H3,(H,31,32). The Morgan fingerprint density at radius 1 is 1.00 bits per heavy atom. The molecule has 1 amide bonds. The van der Waals surface area contributed by atoms with E-state index in [0.717, 1.165) is 65.0 Å². The molecule has 0 aliphatic heterocycles. The van der Waals surface area contributed by atoms with Gasteiger partial charge in [-0.2, -0.15) is 0 Å². The van der Waals surface area contributed by atoms with Crippen LogP contribution >= 0.6 is 0 Å². The Labute approximate surface area is 210 Å². The number of anilines is 1. The van der Waals surface area contributed by atoms with Gasteiger partial charge in [-0.05, 0) is 105 Å². The van der Waals surface area contributed by atoms with Crippen LogP contribution in [0.15, 0.2) is 48.5 Å². The van der Waals surface area contributed by atoms with Crippen molar-refractivity contribution in [3.05, 3.63) is 82.2 Å². The second-order valence-corrected chi connectivity index (χ2v) is 8.76.